The van der Waals surface area contributed by atoms with Crippen molar-refractivity contribution in [1.29, 1.82) is 0 Å². The van der Waals surface area contributed by atoms with Crippen LogP contribution in [-0.2, 0) is 0 Å². The van der Waals surface area contributed by atoms with E-state index in [-0.39, 0.29) is 47.0 Å². The molecular weight excluding hydrogens is 416 g/mol. The molecular formula is C22H30N4O6. The highest BCUT2D eigenvalue weighted by atomic mass is 16.3. The Hall–Kier alpha value is -3.18. The zero-order valence-corrected chi connectivity index (χ0v) is 17.6. The first-order valence-corrected chi connectivity index (χ1v) is 10.5. The van der Waals surface area contributed by atoms with Crippen LogP contribution in [-0.4, -0.2) is 83.1 Å². The molecule has 3 rings (SSSR count). The van der Waals surface area contributed by atoms with Crippen molar-refractivity contribution in [2.24, 2.45) is 0 Å². The van der Waals surface area contributed by atoms with Crippen LogP contribution < -0.4 is 21.3 Å². The Labute approximate surface area is 185 Å². The van der Waals surface area contributed by atoms with Gasteiger partial charge in [-0.1, -0.05) is 0 Å². The van der Waals surface area contributed by atoms with Crippen LogP contribution in [0.15, 0.2) is 24.3 Å². The maximum atomic E-state index is 11.1. The summed E-state index contributed by atoms with van der Waals surface area (Å²) in [5, 5.41) is 73.6. The molecule has 3 aromatic carbocycles. The molecule has 0 saturated carbocycles. The van der Waals surface area contributed by atoms with E-state index in [0.29, 0.717) is 61.4 Å². The minimum atomic E-state index is -0.269. The SMILES string of the molecule is OCCNCCNc1ccc(NCCNCCO)c2c(O)c3c(O)ccc(O)c3c(O)c12. The number of benzene rings is 3. The summed E-state index contributed by atoms with van der Waals surface area (Å²) in [5.41, 5.74) is 1.07. The van der Waals surface area contributed by atoms with Gasteiger partial charge in [0.2, 0.25) is 0 Å². The molecule has 0 atom stereocenters. The fourth-order valence-electron chi connectivity index (χ4n) is 3.68. The highest BCUT2D eigenvalue weighted by Gasteiger charge is 2.23. The molecule has 0 radical (unpaired) electrons. The Kier molecular flexibility index (Phi) is 8.01. The Morgan fingerprint density at radius 3 is 1.28 bits per heavy atom. The summed E-state index contributed by atoms with van der Waals surface area (Å²) in [5.74, 6) is -1.08. The van der Waals surface area contributed by atoms with Gasteiger partial charge in [0, 0.05) is 50.6 Å². The molecule has 0 aliphatic heterocycles. The average Bonchev–Trinajstić information content (AvgIpc) is 2.78. The van der Waals surface area contributed by atoms with Crippen molar-refractivity contribution >= 4 is 32.9 Å². The van der Waals surface area contributed by atoms with Crippen LogP contribution >= 0.6 is 0 Å². The van der Waals surface area contributed by atoms with Crippen LogP contribution in [0.3, 0.4) is 0 Å². The number of hydrogen-bond donors (Lipinski definition) is 10. The third kappa shape index (κ3) is 4.83. The number of aromatic hydroxyl groups is 4. The van der Waals surface area contributed by atoms with Crippen molar-refractivity contribution in [2.45, 2.75) is 0 Å². The Morgan fingerprint density at radius 2 is 0.906 bits per heavy atom. The first-order valence-electron chi connectivity index (χ1n) is 10.5. The number of hydrogen-bond acceptors (Lipinski definition) is 10. The lowest BCUT2D eigenvalue weighted by atomic mass is 9.96. The van der Waals surface area contributed by atoms with Gasteiger partial charge in [-0.05, 0) is 24.3 Å². The highest BCUT2D eigenvalue weighted by molar-refractivity contribution is 6.21. The zero-order chi connectivity index (χ0) is 23.1. The second-order valence-electron chi connectivity index (χ2n) is 7.26. The molecule has 0 spiro atoms. The Bertz CT molecular complexity index is 992. The molecule has 10 heteroatoms. The summed E-state index contributed by atoms with van der Waals surface area (Å²) in [7, 11) is 0. The number of anilines is 2. The van der Waals surface area contributed by atoms with Gasteiger partial charge < -0.3 is 51.9 Å². The summed E-state index contributed by atoms with van der Waals surface area (Å²) in [6.07, 6.45) is 0. The Morgan fingerprint density at radius 1 is 0.500 bits per heavy atom. The summed E-state index contributed by atoms with van der Waals surface area (Å²) in [6.45, 7) is 3.06. The van der Waals surface area contributed by atoms with Crippen molar-refractivity contribution in [2.75, 3.05) is 63.1 Å². The smallest absolute Gasteiger partial charge is 0.137 e. The third-order valence-electron chi connectivity index (χ3n) is 5.13. The summed E-state index contributed by atoms with van der Waals surface area (Å²) in [6, 6.07) is 6.01. The monoisotopic (exact) mass is 446 g/mol. The largest absolute Gasteiger partial charge is 0.507 e. The van der Waals surface area contributed by atoms with Gasteiger partial charge in [0.05, 0.1) is 34.8 Å². The van der Waals surface area contributed by atoms with E-state index >= 15 is 0 Å². The van der Waals surface area contributed by atoms with E-state index in [1.54, 1.807) is 12.1 Å². The van der Waals surface area contributed by atoms with Gasteiger partial charge in [-0.2, -0.15) is 0 Å². The number of phenolic OH excluding ortho intramolecular Hbond substituents is 4. The normalized spacial score (nSPS) is 11.3. The topological polar surface area (TPSA) is 169 Å². The number of aliphatic hydroxyl groups excluding tert-OH is 2. The van der Waals surface area contributed by atoms with E-state index in [4.69, 9.17) is 10.2 Å². The first kappa shape index (κ1) is 23.5. The molecule has 174 valence electrons. The van der Waals surface area contributed by atoms with Crippen molar-refractivity contribution in [1.82, 2.24) is 10.6 Å². The van der Waals surface area contributed by atoms with E-state index in [1.807, 2.05) is 0 Å². The van der Waals surface area contributed by atoms with Gasteiger partial charge in [0.25, 0.3) is 0 Å². The van der Waals surface area contributed by atoms with Crippen molar-refractivity contribution in [3.8, 4) is 23.0 Å². The van der Waals surface area contributed by atoms with Gasteiger partial charge in [0.1, 0.15) is 23.0 Å². The lowest BCUT2D eigenvalue weighted by molar-refractivity contribution is 0.293. The van der Waals surface area contributed by atoms with E-state index < -0.39 is 0 Å². The van der Waals surface area contributed by atoms with E-state index in [9.17, 15) is 20.4 Å². The molecule has 0 aliphatic rings. The summed E-state index contributed by atoms with van der Waals surface area (Å²) in [4.78, 5) is 0. The fourth-order valence-corrected chi connectivity index (χ4v) is 3.68. The van der Waals surface area contributed by atoms with E-state index in [2.05, 4.69) is 21.3 Å². The van der Waals surface area contributed by atoms with E-state index in [1.165, 1.54) is 12.1 Å². The quantitative estimate of drug-likeness (QED) is 0.109. The lowest BCUT2D eigenvalue weighted by Crippen LogP contribution is -2.25. The number of phenols is 4. The van der Waals surface area contributed by atoms with Gasteiger partial charge in [-0.15, -0.1) is 0 Å². The standard InChI is InChI=1S/C22H30N4O6/c27-11-9-23-5-7-25-13-1-2-14(26-8-6-24-10-12-28)18-17(13)21(31)19-15(29)3-4-16(30)20(19)22(18)32/h1-4,23-32H,5-12H2. The van der Waals surface area contributed by atoms with Crippen LogP contribution in [0.4, 0.5) is 11.4 Å². The number of nitrogens with one attached hydrogen (secondary N) is 4. The molecule has 0 aromatic heterocycles. The molecule has 0 unspecified atom stereocenters. The molecule has 0 fully saturated rings. The van der Waals surface area contributed by atoms with Crippen molar-refractivity contribution in [3.05, 3.63) is 24.3 Å². The fraction of sp³-hybridized carbons (Fsp3) is 0.364. The zero-order valence-electron chi connectivity index (χ0n) is 17.6. The maximum Gasteiger partial charge on any atom is 0.137 e. The molecule has 3 aromatic rings. The van der Waals surface area contributed by atoms with Crippen LogP contribution in [0.25, 0.3) is 21.5 Å². The van der Waals surface area contributed by atoms with Gasteiger partial charge in [-0.3, -0.25) is 0 Å². The first-order chi connectivity index (χ1) is 15.5. The molecule has 0 bridgehead atoms. The summed E-state index contributed by atoms with van der Waals surface area (Å²) >= 11 is 0. The van der Waals surface area contributed by atoms with Crippen molar-refractivity contribution in [3.63, 3.8) is 0 Å². The molecule has 0 heterocycles. The number of aliphatic hydroxyl groups is 2. The maximum absolute atomic E-state index is 11.1. The van der Waals surface area contributed by atoms with Gasteiger partial charge >= 0.3 is 0 Å². The molecule has 32 heavy (non-hydrogen) atoms. The highest BCUT2D eigenvalue weighted by Crippen LogP contribution is 2.52. The third-order valence-corrected chi connectivity index (χ3v) is 5.13. The summed E-state index contributed by atoms with van der Waals surface area (Å²) < 4.78 is 0. The lowest BCUT2D eigenvalue weighted by Gasteiger charge is -2.19. The van der Waals surface area contributed by atoms with E-state index in [0.717, 1.165) is 0 Å². The molecule has 0 amide bonds. The average molecular weight is 447 g/mol. The molecule has 10 nitrogen and oxygen atoms in total. The van der Waals surface area contributed by atoms with Crippen LogP contribution in [0.5, 0.6) is 23.0 Å². The molecule has 10 N–H and O–H groups in total. The molecule has 0 saturated heterocycles. The van der Waals surface area contributed by atoms with Crippen LogP contribution in [0.1, 0.15) is 0 Å². The van der Waals surface area contributed by atoms with Crippen molar-refractivity contribution < 1.29 is 30.6 Å². The number of fused-ring (bicyclic) bond motifs is 2. The molecule has 0 aliphatic carbocycles. The minimum absolute atomic E-state index is 0.0277. The second kappa shape index (κ2) is 10.9. The predicted octanol–water partition coefficient (Wildman–Crippen LogP) is 0.803. The Balaban J connectivity index is 2.09. The number of rotatable bonds is 12. The second-order valence-corrected chi connectivity index (χ2v) is 7.26. The van der Waals surface area contributed by atoms with Gasteiger partial charge in [0.15, 0.2) is 0 Å². The van der Waals surface area contributed by atoms with Gasteiger partial charge in [-0.25, -0.2) is 0 Å². The predicted molar refractivity (Wildman–Crippen MR) is 125 cm³/mol. The van der Waals surface area contributed by atoms with Crippen LogP contribution in [0, 0.1) is 0 Å². The van der Waals surface area contributed by atoms with Crippen LogP contribution in [0.2, 0.25) is 0 Å². The minimum Gasteiger partial charge on any atom is -0.507 e.